The van der Waals surface area contributed by atoms with Gasteiger partial charge in [-0.05, 0) is 93.2 Å². The molecule has 5 heteroatoms. The number of hydrogen-bond donors (Lipinski definition) is 1. The van der Waals surface area contributed by atoms with E-state index in [9.17, 15) is 4.79 Å². The number of nitrogens with zero attached hydrogens (tertiary/aromatic N) is 2. The zero-order valence-corrected chi connectivity index (χ0v) is 18.9. The van der Waals surface area contributed by atoms with Crippen molar-refractivity contribution >= 4 is 23.1 Å². The fourth-order valence-electron chi connectivity index (χ4n) is 5.69. The maximum absolute atomic E-state index is 13.7. The minimum absolute atomic E-state index is 0.0165. The molecule has 6 rings (SSSR count). The number of urea groups is 1. The molecule has 160 valence electrons. The molecule has 31 heavy (non-hydrogen) atoms. The lowest BCUT2D eigenvalue weighted by Crippen LogP contribution is -2.36. The summed E-state index contributed by atoms with van der Waals surface area (Å²) in [5.74, 6) is 0. The first kappa shape index (κ1) is 19.2. The highest BCUT2D eigenvalue weighted by Crippen LogP contribution is 2.42. The number of aromatic nitrogens is 1. The predicted octanol–water partition coefficient (Wildman–Crippen LogP) is 6.41. The van der Waals surface area contributed by atoms with Gasteiger partial charge in [-0.25, -0.2) is 4.79 Å². The number of amides is 2. The number of hydrogen-bond acceptors (Lipinski definition) is 2. The number of nitrogens with one attached hydrogen (secondary N) is 1. The van der Waals surface area contributed by atoms with Gasteiger partial charge in [-0.15, -0.1) is 11.3 Å². The Morgan fingerprint density at radius 3 is 2.68 bits per heavy atom. The third kappa shape index (κ3) is 3.13. The van der Waals surface area contributed by atoms with Gasteiger partial charge in [0.15, 0.2) is 0 Å². The molecule has 0 spiro atoms. The van der Waals surface area contributed by atoms with E-state index < -0.39 is 0 Å². The van der Waals surface area contributed by atoms with Gasteiger partial charge in [0.2, 0.25) is 0 Å². The van der Waals surface area contributed by atoms with Crippen LogP contribution in [-0.2, 0) is 32.2 Å². The first-order valence-electron chi connectivity index (χ1n) is 11.7. The predicted molar refractivity (Wildman–Crippen MR) is 126 cm³/mol. The summed E-state index contributed by atoms with van der Waals surface area (Å²) in [4.78, 5) is 17.2. The van der Waals surface area contributed by atoms with Crippen molar-refractivity contribution in [2.45, 2.75) is 70.9 Å². The fourth-order valence-corrected chi connectivity index (χ4v) is 7.10. The molecule has 0 fully saturated rings. The average Bonchev–Trinajstić information content (AvgIpc) is 3.39. The Morgan fingerprint density at radius 2 is 1.77 bits per heavy atom. The second kappa shape index (κ2) is 7.56. The minimum atomic E-state index is 0.0165. The van der Waals surface area contributed by atoms with Crippen LogP contribution in [0.15, 0.2) is 36.5 Å². The maximum Gasteiger partial charge on any atom is 0.322 e. The molecule has 1 unspecified atom stereocenters. The Morgan fingerprint density at radius 1 is 0.968 bits per heavy atom. The molecule has 4 nitrogen and oxygen atoms in total. The first-order valence-corrected chi connectivity index (χ1v) is 12.5. The van der Waals surface area contributed by atoms with E-state index in [0.29, 0.717) is 6.54 Å². The van der Waals surface area contributed by atoms with Crippen LogP contribution in [-0.4, -0.2) is 15.5 Å². The van der Waals surface area contributed by atoms with Gasteiger partial charge in [0.25, 0.3) is 0 Å². The fraction of sp³-hybridized carbons (Fsp3) is 0.423. The molecule has 3 aromatic rings. The van der Waals surface area contributed by atoms with Crippen LogP contribution in [0.1, 0.15) is 71.5 Å². The topological polar surface area (TPSA) is 37.3 Å². The molecule has 2 aliphatic carbocycles. The molecular weight excluding hydrogens is 402 g/mol. The number of benzene rings is 1. The Kier molecular flexibility index (Phi) is 4.67. The summed E-state index contributed by atoms with van der Waals surface area (Å²) in [7, 11) is 0. The van der Waals surface area contributed by atoms with Crippen molar-refractivity contribution in [3.63, 3.8) is 0 Å². The molecule has 0 saturated carbocycles. The van der Waals surface area contributed by atoms with E-state index in [4.69, 9.17) is 0 Å². The molecule has 1 aromatic carbocycles. The number of rotatable bonds is 1. The monoisotopic (exact) mass is 431 g/mol. The SMILES string of the molecule is CC1c2cccn2-c2sc3c(c2CN1C(=O)Nc1cccc2c1CCCC2)CCCC3. The maximum atomic E-state index is 13.7. The highest BCUT2D eigenvalue weighted by molar-refractivity contribution is 7.15. The molecule has 1 aliphatic heterocycles. The third-order valence-electron chi connectivity index (χ3n) is 7.38. The average molecular weight is 432 g/mol. The summed E-state index contributed by atoms with van der Waals surface area (Å²) in [5.41, 5.74) is 7.81. The van der Waals surface area contributed by atoms with Crippen molar-refractivity contribution < 1.29 is 4.79 Å². The van der Waals surface area contributed by atoms with Crippen LogP contribution in [0, 0.1) is 0 Å². The van der Waals surface area contributed by atoms with Gasteiger partial charge in [-0.2, -0.15) is 0 Å². The minimum Gasteiger partial charge on any atom is -0.312 e. The molecular formula is C26H29N3OS. The second-order valence-corrected chi connectivity index (χ2v) is 10.3. The van der Waals surface area contributed by atoms with Crippen LogP contribution >= 0.6 is 11.3 Å². The van der Waals surface area contributed by atoms with Gasteiger partial charge >= 0.3 is 6.03 Å². The standard InChI is InChI=1S/C26H29N3OS/c1-17-23-13-7-15-28(23)25-21(20-11-4-5-14-24(20)31-25)16-29(17)26(30)27-22-12-6-9-18-8-2-3-10-19(18)22/h6-7,9,12-13,15,17H,2-5,8,10-11,14,16H2,1H3,(H,27,30). The molecule has 0 radical (unpaired) electrons. The van der Waals surface area contributed by atoms with Crippen LogP contribution in [0.3, 0.4) is 0 Å². The summed E-state index contributed by atoms with van der Waals surface area (Å²) >= 11 is 1.94. The van der Waals surface area contributed by atoms with E-state index in [1.807, 2.05) is 16.2 Å². The van der Waals surface area contributed by atoms with E-state index in [1.165, 1.54) is 69.9 Å². The van der Waals surface area contributed by atoms with Crippen LogP contribution in [0.5, 0.6) is 0 Å². The van der Waals surface area contributed by atoms with Crippen molar-refractivity contribution in [3.05, 3.63) is 69.4 Å². The number of aryl methyl sites for hydroxylation is 2. The zero-order valence-electron chi connectivity index (χ0n) is 18.1. The van der Waals surface area contributed by atoms with Gasteiger partial charge in [0.05, 0.1) is 12.6 Å². The number of carbonyl (C=O) groups is 1. The van der Waals surface area contributed by atoms with E-state index in [0.717, 1.165) is 24.9 Å². The molecule has 0 saturated heterocycles. The summed E-state index contributed by atoms with van der Waals surface area (Å²) < 4.78 is 2.33. The zero-order chi connectivity index (χ0) is 20.9. The van der Waals surface area contributed by atoms with Crippen molar-refractivity contribution in [2.75, 3.05) is 5.32 Å². The highest BCUT2D eigenvalue weighted by atomic mass is 32.1. The van der Waals surface area contributed by atoms with E-state index in [2.05, 4.69) is 53.3 Å². The Bertz CT molecular complexity index is 1160. The lowest BCUT2D eigenvalue weighted by molar-refractivity contribution is 0.189. The van der Waals surface area contributed by atoms with Crippen LogP contribution in [0.2, 0.25) is 0 Å². The lowest BCUT2D eigenvalue weighted by Gasteiger charge is -2.29. The second-order valence-electron chi connectivity index (χ2n) is 9.18. The van der Waals surface area contributed by atoms with Crippen molar-refractivity contribution in [1.82, 2.24) is 9.47 Å². The molecule has 2 amide bonds. The summed E-state index contributed by atoms with van der Waals surface area (Å²) in [6.45, 7) is 2.85. The highest BCUT2D eigenvalue weighted by Gasteiger charge is 2.33. The van der Waals surface area contributed by atoms with E-state index in [1.54, 1.807) is 0 Å². The van der Waals surface area contributed by atoms with Crippen molar-refractivity contribution in [1.29, 1.82) is 0 Å². The quantitative estimate of drug-likeness (QED) is 0.475. The smallest absolute Gasteiger partial charge is 0.312 e. The Balaban J connectivity index is 1.38. The number of anilines is 1. The largest absolute Gasteiger partial charge is 0.322 e. The first-order chi connectivity index (χ1) is 15.2. The Hall–Kier alpha value is -2.53. The van der Waals surface area contributed by atoms with E-state index in [-0.39, 0.29) is 12.1 Å². The number of fused-ring (bicyclic) bond motifs is 6. The van der Waals surface area contributed by atoms with Gasteiger partial charge in [-0.3, -0.25) is 0 Å². The molecule has 1 N–H and O–H groups in total. The molecule has 0 bridgehead atoms. The van der Waals surface area contributed by atoms with Gasteiger partial charge in [-0.1, -0.05) is 12.1 Å². The third-order valence-corrected chi connectivity index (χ3v) is 8.71. The number of thiophene rings is 1. The van der Waals surface area contributed by atoms with Gasteiger partial charge in [0.1, 0.15) is 5.00 Å². The summed E-state index contributed by atoms with van der Waals surface area (Å²) in [5, 5.41) is 4.63. The van der Waals surface area contributed by atoms with Gasteiger partial charge < -0.3 is 14.8 Å². The lowest BCUT2D eigenvalue weighted by atomic mass is 9.90. The Labute approximate surface area is 187 Å². The normalized spacial score (nSPS) is 19.6. The van der Waals surface area contributed by atoms with Crippen LogP contribution in [0.25, 0.3) is 5.00 Å². The van der Waals surface area contributed by atoms with Crippen LogP contribution in [0.4, 0.5) is 10.5 Å². The van der Waals surface area contributed by atoms with Crippen molar-refractivity contribution in [2.24, 2.45) is 0 Å². The molecule has 3 heterocycles. The van der Waals surface area contributed by atoms with Gasteiger partial charge in [0, 0.05) is 28.0 Å². The summed E-state index contributed by atoms with van der Waals surface area (Å²) in [6, 6.07) is 10.7. The molecule has 3 aliphatic rings. The van der Waals surface area contributed by atoms with Crippen molar-refractivity contribution in [3.8, 4) is 5.00 Å². The summed E-state index contributed by atoms with van der Waals surface area (Å²) in [6.07, 6.45) is 11.7. The molecule has 1 atom stereocenters. The molecule has 2 aromatic heterocycles. The van der Waals surface area contributed by atoms with E-state index >= 15 is 0 Å². The number of carbonyl (C=O) groups excluding carboxylic acids is 1. The van der Waals surface area contributed by atoms with Crippen LogP contribution < -0.4 is 5.32 Å².